The molecule has 0 radical (unpaired) electrons. The van der Waals surface area contributed by atoms with Crippen LogP contribution in [0, 0.1) is 5.82 Å². The topological polar surface area (TPSA) is 98.1 Å². The molecule has 0 aliphatic carbocycles. The Morgan fingerprint density at radius 2 is 1.94 bits per heavy atom. The Kier molecular flexibility index (Phi) is 7.48. The van der Waals surface area contributed by atoms with Crippen LogP contribution >= 0.6 is 23.4 Å². The van der Waals surface area contributed by atoms with Crippen LogP contribution in [-0.2, 0) is 18.4 Å². The summed E-state index contributed by atoms with van der Waals surface area (Å²) in [5.41, 5.74) is 0.814. The average Bonchev–Trinajstić information content (AvgIpc) is 3.10. The number of aromatic nitrogens is 3. The lowest BCUT2D eigenvalue weighted by Gasteiger charge is -2.10. The molecular weight excluding hydrogens is 445 g/mol. The number of thioether (sulfide) groups is 1. The van der Waals surface area contributed by atoms with Crippen LogP contribution in [0.1, 0.15) is 16.2 Å². The zero-order valence-corrected chi connectivity index (χ0v) is 18.3. The van der Waals surface area contributed by atoms with Gasteiger partial charge in [0.2, 0.25) is 5.91 Å². The summed E-state index contributed by atoms with van der Waals surface area (Å²) in [6.07, 6.45) is 0. The maximum absolute atomic E-state index is 13.0. The molecule has 0 aliphatic rings. The van der Waals surface area contributed by atoms with Gasteiger partial charge in [0, 0.05) is 17.6 Å². The fourth-order valence-electron chi connectivity index (χ4n) is 2.58. The van der Waals surface area contributed by atoms with Gasteiger partial charge >= 0.3 is 0 Å². The number of halogens is 2. The van der Waals surface area contributed by atoms with Gasteiger partial charge in [-0.2, -0.15) is 0 Å². The van der Waals surface area contributed by atoms with Gasteiger partial charge in [-0.3, -0.25) is 9.59 Å². The first-order valence-electron chi connectivity index (χ1n) is 9.05. The molecule has 2 amide bonds. The summed E-state index contributed by atoms with van der Waals surface area (Å²) >= 11 is 7.17. The minimum absolute atomic E-state index is 0.0869. The molecule has 2 N–H and O–H groups in total. The summed E-state index contributed by atoms with van der Waals surface area (Å²) in [7, 11) is 3.24. The van der Waals surface area contributed by atoms with Crippen LogP contribution < -0.4 is 15.4 Å². The van der Waals surface area contributed by atoms with Crippen molar-refractivity contribution in [1.29, 1.82) is 0 Å². The molecular formula is C20H19ClFN5O3S. The smallest absolute Gasteiger partial charge is 0.251 e. The lowest BCUT2D eigenvalue weighted by atomic mass is 10.2. The molecule has 162 valence electrons. The first-order chi connectivity index (χ1) is 14.9. The van der Waals surface area contributed by atoms with Gasteiger partial charge in [0.05, 0.1) is 25.1 Å². The molecule has 0 aliphatic heterocycles. The molecule has 0 unspecified atom stereocenters. The number of nitrogens with one attached hydrogen (secondary N) is 2. The Bertz CT molecular complexity index is 1090. The Labute approximate surface area is 187 Å². The van der Waals surface area contributed by atoms with Crippen molar-refractivity contribution in [2.24, 2.45) is 7.05 Å². The van der Waals surface area contributed by atoms with E-state index >= 15 is 0 Å². The van der Waals surface area contributed by atoms with Crippen LogP contribution in [0.4, 0.5) is 10.1 Å². The highest BCUT2D eigenvalue weighted by atomic mass is 35.5. The number of hydrogen-bond acceptors (Lipinski definition) is 6. The Morgan fingerprint density at radius 3 is 2.65 bits per heavy atom. The van der Waals surface area contributed by atoms with Crippen molar-refractivity contribution >= 4 is 40.9 Å². The third-order valence-electron chi connectivity index (χ3n) is 4.21. The van der Waals surface area contributed by atoms with Crippen LogP contribution in [0.2, 0.25) is 5.02 Å². The number of rotatable bonds is 8. The van der Waals surface area contributed by atoms with E-state index in [0.29, 0.717) is 33.0 Å². The molecule has 1 heterocycles. The van der Waals surface area contributed by atoms with Gasteiger partial charge in [0.25, 0.3) is 5.91 Å². The Balaban J connectivity index is 1.54. The van der Waals surface area contributed by atoms with Crippen LogP contribution in [0.3, 0.4) is 0 Å². The molecule has 8 nitrogen and oxygen atoms in total. The van der Waals surface area contributed by atoms with Crippen molar-refractivity contribution in [1.82, 2.24) is 20.1 Å². The summed E-state index contributed by atoms with van der Waals surface area (Å²) in [5.74, 6) is 0.0652. The molecule has 1 aromatic heterocycles. The minimum atomic E-state index is -0.413. The average molecular weight is 464 g/mol. The molecule has 3 aromatic rings. The van der Waals surface area contributed by atoms with Crippen LogP contribution in [0.25, 0.3) is 0 Å². The summed E-state index contributed by atoms with van der Waals surface area (Å²) in [4.78, 5) is 24.5. The SMILES string of the molecule is COc1ccc(Cl)cc1NC(=O)CSc1nnc(CNC(=O)c2ccc(F)cc2)n1C. The van der Waals surface area contributed by atoms with E-state index in [1.54, 1.807) is 29.8 Å². The first-order valence-corrected chi connectivity index (χ1v) is 10.4. The van der Waals surface area contributed by atoms with E-state index in [9.17, 15) is 14.0 Å². The van der Waals surface area contributed by atoms with Gasteiger partial charge < -0.3 is 19.9 Å². The second-order valence-electron chi connectivity index (χ2n) is 6.33. The van der Waals surface area contributed by atoms with E-state index in [0.717, 1.165) is 0 Å². The fraction of sp³-hybridized carbons (Fsp3) is 0.200. The zero-order valence-electron chi connectivity index (χ0n) is 16.7. The standard InChI is InChI=1S/C20H19ClFN5O3S/c1-27-17(10-23-19(29)12-3-6-14(22)7-4-12)25-26-20(27)31-11-18(28)24-15-9-13(21)5-8-16(15)30-2/h3-9H,10-11H2,1-2H3,(H,23,29)(H,24,28). The maximum atomic E-state index is 13.0. The molecule has 0 bridgehead atoms. The third kappa shape index (κ3) is 5.96. The van der Waals surface area contributed by atoms with Crippen LogP contribution in [0.5, 0.6) is 5.75 Å². The van der Waals surface area contributed by atoms with Crippen molar-refractivity contribution in [2.75, 3.05) is 18.2 Å². The van der Waals surface area contributed by atoms with Crippen molar-refractivity contribution < 1.29 is 18.7 Å². The molecule has 11 heteroatoms. The molecule has 3 rings (SSSR count). The number of carbonyl (C=O) groups is 2. The third-order valence-corrected chi connectivity index (χ3v) is 5.46. The minimum Gasteiger partial charge on any atom is -0.495 e. The highest BCUT2D eigenvalue weighted by Gasteiger charge is 2.14. The van der Waals surface area contributed by atoms with Gasteiger partial charge in [0.1, 0.15) is 11.6 Å². The summed E-state index contributed by atoms with van der Waals surface area (Å²) < 4.78 is 19.9. The number of methoxy groups -OCH3 is 1. The van der Waals surface area contributed by atoms with E-state index in [1.807, 2.05) is 0 Å². The number of ether oxygens (including phenoxy) is 1. The van der Waals surface area contributed by atoms with E-state index in [4.69, 9.17) is 16.3 Å². The van der Waals surface area contributed by atoms with Crippen molar-refractivity contribution in [3.8, 4) is 5.75 Å². The maximum Gasteiger partial charge on any atom is 0.251 e. The highest BCUT2D eigenvalue weighted by molar-refractivity contribution is 7.99. The van der Waals surface area contributed by atoms with E-state index in [1.165, 1.54) is 43.1 Å². The zero-order chi connectivity index (χ0) is 22.4. The predicted octanol–water partition coefficient (Wildman–Crippen LogP) is 3.28. The second-order valence-corrected chi connectivity index (χ2v) is 7.71. The summed E-state index contributed by atoms with van der Waals surface area (Å²) in [5, 5.41) is 14.5. The molecule has 0 saturated heterocycles. The molecule has 0 atom stereocenters. The molecule has 31 heavy (non-hydrogen) atoms. The van der Waals surface area contributed by atoms with Gasteiger partial charge in [-0.15, -0.1) is 10.2 Å². The van der Waals surface area contributed by atoms with Gasteiger partial charge in [-0.1, -0.05) is 23.4 Å². The number of hydrogen-bond donors (Lipinski definition) is 2. The largest absolute Gasteiger partial charge is 0.495 e. The monoisotopic (exact) mass is 463 g/mol. The number of benzene rings is 2. The lowest BCUT2D eigenvalue weighted by Crippen LogP contribution is -2.24. The van der Waals surface area contributed by atoms with Gasteiger partial charge in [-0.05, 0) is 42.5 Å². The first kappa shape index (κ1) is 22.6. The van der Waals surface area contributed by atoms with Crippen molar-refractivity contribution in [2.45, 2.75) is 11.7 Å². The van der Waals surface area contributed by atoms with Crippen LogP contribution in [-0.4, -0.2) is 39.4 Å². The van der Waals surface area contributed by atoms with E-state index in [-0.39, 0.29) is 24.1 Å². The van der Waals surface area contributed by atoms with E-state index < -0.39 is 5.82 Å². The number of anilines is 1. The summed E-state index contributed by atoms with van der Waals surface area (Å²) in [6.45, 7) is 0.131. The highest BCUT2D eigenvalue weighted by Crippen LogP contribution is 2.28. The number of nitrogens with zero attached hydrogens (tertiary/aromatic N) is 3. The predicted molar refractivity (Wildman–Crippen MR) is 116 cm³/mol. The Morgan fingerprint density at radius 1 is 1.19 bits per heavy atom. The lowest BCUT2D eigenvalue weighted by molar-refractivity contribution is -0.113. The van der Waals surface area contributed by atoms with Crippen LogP contribution in [0.15, 0.2) is 47.6 Å². The Hall–Kier alpha value is -3.11. The van der Waals surface area contributed by atoms with E-state index in [2.05, 4.69) is 20.8 Å². The molecule has 0 saturated carbocycles. The molecule has 0 spiro atoms. The van der Waals surface area contributed by atoms with Crippen molar-refractivity contribution in [3.05, 3.63) is 64.7 Å². The molecule has 0 fully saturated rings. The quantitative estimate of drug-likeness (QED) is 0.497. The normalized spacial score (nSPS) is 10.6. The number of amides is 2. The summed E-state index contributed by atoms with van der Waals surface area (Å²) in [6, 6.07) is 10.2. The fourth-order valence-corrected chi connectivity index (χ4v) is 3.48. The molecule has 2 aromatic carbocycles. The second kappa shape index (κ2) is 10.3. The number of carbonyl (C=O) groups excluding carboxylic acids is 2. The van der Waals surface area contributed by atoms with Gasteiger partial charge in [0.15, 0.2) is 11.0 Å². The van der Waals surface area contributed by atoms with Gasteiger partial charge in [-0.25, -0.2) is 4.39 Å². The van der Waals surface area contributed by atoms with Crippen molar-refractivity contribution in [3.63, 3.8) is 0 Å².